The molecule has 2 fully saturated rings. The van der Waals surface area contributed by atoms with Crippen molar-refractivity contribution in [2.45, 2.75) is 44.3 Å². The fourth-order valence-electron chi connectivity index (χ4n) is 2.45. The van der Waals surface area contributed by atoms with E-state index in [9.17, 15) is 4.79 Å². The molecule has 2 aliphatic rings. The minimum Gasteiger partial charge on any atom is -0.479 e. The number of carboxylic acid groups (broad SMARTS) is 1. The van der Waals surface area contributed by atoms with Gasteiger partial charge in [0.25, 0.3) is 0 Å². The van der Waals surface area contributed by atoms with E-state index in [0.717, 1.165) is 26.1 Å². The largest absolute Gasteiger partial charge is 0.479 e. The van der Waals surface area contributed by atoms with Crippen molar-refractivity contribution in [2.24, 2.45) is 0 Å². The number of hydrogen-bond acceptors (Lipinski definition) is 3. The SMILES string of the molecule is O=C(O)C1CCC(CN2CCCCC2)O1. The highest BCUT2D eigenvalue weighted by molar-refractivity contribution is 5.72. The van der Waals surface area contributed by atoms with Crippen LogP contribution < -0.4 is 0 Å². The molecule has 2 saturated heterocycles. The van der Waals surface area contributed by atoms with Crippen LogP contribution in [-0.4, -0.2) is 47.8 Å². The molecule has 86 valence electrons. The molecule has 0 bridgehead atoms. The second kappa shape index (κ2) is 4.94. The first-order valence-electron chi connectivity index (χ1n) is 5.86. The topological polar surface area (TPSA) is 49.8 Å². The van der Waals surface area contributed by atoms with Gasteiger partial charge in [0.1, 0.15) is 0 Å². The van der Waals surface area contributed by atoms with Crippen LogP contribution in [0.5, 0.6) is 0 Å². The number of piperidine rings is 1. The Morgan fingerprint density at radius 2 is 2.00 bits per heavy atom. The molecule has 0 saturated carbocycles. The molecule has 0 aromatic heterocycles. The van der Waals surface area contributed by atoms with Crippen LogP contribution in [0.15, 0.2) is 0 Å². The Labute approximate surface area is 90.2 Å². The normalized spacial score (nSPS) is 33.1. The van der Waals surface area contributed by atoms with Gasteiger partial charge in [-0.05, 0) is 38.8 Å². The maximum Gasteiger partial charge on any atom is 0.332 e. The summed E-state index contributed by atoms with van der Waals surface area (Å²) < 4.78 is 5.48. The molecule has 2 rings (SSSR count). The predicted molar refractivity (Wildman–Crippen MR) is 55.8 cm³/mol. The van der Waals surface area contributed by atoms with Crippen molar-refractivity contribution in [1.82, 2.24) is 4.90 Å². The molecule has 0 aromatic rings. The van der Waals surface area contributed by atoms with Crippen LogP contribution in [0.25, 0.3) is 0 Å². The lowest BCUT2D eigenvalue weighted by Crippen LogP contribution is -2.36. The first-order chi connectivity index (χ1) is 7.25. The summed E-state index contributed by atoms with van der Waals surface area (Å²) in [6, 6.07) is 0. The van der Waals surface area contributed by atoms with Crippen molar-refractivity contribution >= 4 is 5.97 Å². The smallest absolute Gasteiger partial charge is 0.332 e. The average Bonchev–Trinajstić information content (AvgIpc) is 2.68. The van der Waals surface area contributed by atoms with Crippen molar-refractivity contribution in [1.29, 1.82) is 0 Å². The van der Waals surface area contributed by atoms with Gasteiger partial charge in [0.2, 0.25) is 0 Å². The molecule has 4 nitrogen and oxygen atoms in total. The minimum atomic E-state index is -0.809. The number of rotatable bonds is 3. The molecule has 2 heterocycles. The van der Waals surface area contributed by atoms with Gasteiger partial charge >= 0.3 is 5.97 Å². The number of hydrogen-bond donors (Lipinski definition) is 1. The van der Waals surface area contributed by atoms with Crippen molar-refractivity contribution < 1.29 is 14.6 Å². The second-order valence-electron chi connectivity index (χ2n) is 4.52. The van der Waals surface area contributed by atoms with Crippen LogP contribution in [0.2, 0.25) is 0 Å². The van der Waals surface area contributed by atoms with E-state index in [1.165, 1.54) is 19.3 Å². The summed E-state index contributed by atoms with van der Waals surface area (Å²) in [5.41, 5.74) is 0. The van der Waals surface area contributed by atoms with Crippen molar-refractivity contribution in [3.05, 3.63) is 0 Å². The van der Waals surface area contributed by atoms with E-state index in [1.807, 2.05) is 0 Å². The summed E-state index contributed by atoms with van der Waals surface area (Å²) >= 11 is 0. The lowest BCUT2D eigenvalue weighted by molar-refractivity contribution is -0.149. The lowest BCUT2D eigenvalue weighted by Gasteiger charge is -2.28. The number of aliphatic carboxylic acids is 1. The Bertz CT molecular complexity index is 226. The zero-order valence-electron chi connectivity index (χ0n) is 9.02. The van der Waals surface area contributed by atoms with Crippen LogP contribution in [-0.2, 0) is 9.53 Å². The monoisotopic (exact) mass is 213 g/mol. The standard InChI is InChI=1S/C11H19NO3/c13-11(14)10-5-4-9(15-10)8-12-6-2-1-3-7-12/h9-10H,1-8H2,(H,13,14). The van der Waals surface area contributed by atoms with Crippen LogP contribution in [0, 0.1) is 0 Å². The molecule has 1 N–H and O–H groups in total. The number of ether oxygens (including phenoxy) is 1. The molecule has 0 spiro atoms. The van der Waals surface area contributed by atoms with E-state index < -0.39 is 12.1 Å². The molecular weight excluding hydrogens is 194 g/mol. The van der Waals surface area contributed by atoms with Gasteiger partial charge in [-0.15, -0.1) is 0 Å². The number of nitrogens with zero attached hydrogens (tertiary/aromatic N) is 1. The van der Waals surface area contributed by atoms with Gasteiger partial charge in [-0.3, -0.25) is 0 Å². The van der Waals surface area contributed by atoms with Crippen LogP contribution in [0.4, 0.5) is 0 Å². The summed E-state index contributed by atoms with van der Waals surface area (Å²) in [5, 5.41) is 8.80. The summed E-state index contributed by atoms with van der Waals surface area (Å²) in [7, 11) is 0. The third-order valence-electron chi connectivity index (χ3n) is 3.29. The molecule has 0 aliphatic carbocycles. The molecule has 0 radical (unpaired) electrons. The van der Waals surface area contributed by atoms with Crippen molar-refractivity contribution in [2.75, 3.05) is 19.6 Å². The van der Waals surface area contributed by atoms with Gasteiger partial charge in [-0.25, -0.2) is 4.79 Å². The van der Waals surface area contributed by atoms with Gasteiger partial charge in [-0.1, -0.05) is 6.42 Å². The van der Waals surface area contributed by atoms with E-state index in [2.05, 4.69) is 4.90 Å². The van der Waals surface area contributed by atoms with E-state index in [-0.39, 0.29) is 6.10 Å². The van der Waals surface area contributed by atoms with Crippen LogP contribution in [0.3, 0.4) is 0 Å². The van der Waals surface area contributed by atoms with E-state index in [1.54, 1.807) is 0 Å². The zero-order valence-corrected chi connectivity index (χ0v) is 9.02. The molecule has 2 unspecified atom stereocenters. The fraction of sp³-hybridized carbons (Fsp3) is 0.909. The summed E-state index contributed by atoms with van der Waals surface area (Å²) in [6.07, 6.45) is 5.04. The lowest BCUT2D eigenvalue weighted by atomic mass is 10.1. The average molecular weight is 213 g/mol. The van der Waals surface area contributed by atoms with Crippen LogP contribution in [0.1, 0.15) is 32.1 Å². The van der Waals surface area contributed by atoms with Crippen LogP contribution >= 0.6 is 0 Å². The molecular formula is C11H19NO3. The predicted octanol–water partition coefficient (Wildman–Crippen LogP) is 1.10. The Hall–Kier alpha value is -0.610. The van der Waals surface area contributed by atoms with Gasteiger partial charge in [0, 0.05) is 6.54 Å². The number of carbonyl (C=O) groups is 1. The van der Waals surface area contributed by atoms with Crippen molar-refractivity contribution in [3.63, 3.8) is 0 Å². The fourth-order valence-corrected chi connectivity index (χ4v) is 2.45. The number of carboxylic acids is 1. The summed E-state index contributed by atoms with van der Waals surface area (Å²) in [6.45, 7) is 3.22. The zero-order chi connectivity index (χ0) is 10.7. The Balaban J connectivity index is 1.74. The Kier molecular flexibility index (Phi) is 3.59. The van der Waals surface area contributed by atoms with Gasteiger partial charge in [-0.2, -0.15) is 0 Å². The maximum atomic E-state index is 10.7. The van der Waals surface area contributed by atoms with Gasteiger partial charge in [0.15, 0.2) is 6.10 Å². The summed E-state index contributed by atoms with van der Waals surface area (Å²) in [4.78, 5) is 13.1. The van der Waals surface area contributed by atoms with Crippen molar-refractivity contribution in [3.8, 4) is 0 Å². The molecule has 2 atom stereocenters. The summed E-state index contributed by atoms with van der Waals surface area (Å²) in [5.74, 6) is -0.809. The first kappa shape index (κ1) is 10.9. The van der Waals surface area contributed by atoms with E-state index >= 15 is 0 Å². The van der Waals surface area contributed by atoms with E-state index in [4.69, 9.17) is 9.84 Å². The Morgan fingerprint density at radius 1 is 1.27 bits per heavy atom. The highest BCUT2D eigenvalue weighted by atomic mass is 16.5. The Morgan fingerprint density at radius 3 is 2.60 bits per heavy atom. The van der Waals surface area contributed by atoms with Gasteiger partial charge in [0.05, 0.1) is 6.10 Å². The van der Waals surface area contributed by atoms with E-state index in [0.29, 0.717) is 6.42 Å². The molecule has 2 aliphatic heterocycles. The van der Waals surface area contributed by atoms with Gasteiger partial charge < -0.3 is 14.7 Å². The maximum absolute atomic E-state index is 10.7. The second-order valence-corrected chi connectivity index (χ2v) is 4.52. The minimum absolute atomic E-state index is 0.143. The molecule has 15 heavy (non-hydrogen) atoms. The highest BCUT2D eigenvalue weighted by Crippen LogP contribution is 2.21. The first-order valence-corrected chi connectivity index (χ1v) is 5.86. The highest BCUT2D eigenvalue weighted by Gasteiger charge is 2.31. The molecule has 0 amide bonds. The quantitative estimate of drug-likeness (QED) is 0.763. The third-order valence-corrected chi connectivity index (χ3v) is 3.29. The molecule has 0 aromatic carbocycles. The molecule has 4 heteroatoms. The third kappa shape index (κ3) is 2.92. The number of likely N-dealkylation sites (tertiary alicyclic amines) is 1.